The van der Waals surface area contributed by atoms with Gasteiger partial charge in [0.25, 0.3) is 5.91 Å². The van der Waals surface area contributed by atoms with Crippen molar-refractivity contribution in [1.82, 2.24) is 0 Å². The quantitative estimate of drug-likeness (QED) is 0.402. The van der Waals surface area contributed by atoms with Crippen LogP contribution in [0.1, 0.15) is 21.5 Å². The molecule has 0 aromatic heterocycles. The summed E-state index contributed by atoms with van der Waals surface area (Å²) in [7, 11) is 0. The molecule has 0 atom stereocenters. The van der Waals surface area contributed by atoms with Crippen LogP contribution in [0.25, 0.3) is 6.08 Å². The maximum Gasteiger partial charge on any atom is 0.416 e. The van der Waals surface area contributed by atoms with Gasteiger partial charge in [-0.05, 0) is 60.2 Å². The number of nitrogens with one attached hydrogen (secondary N) is 2. The fourth-order valence-electron chi connectivity index (χ4n) is 2.64. The number of rotatable bonds is 5. The lowest BCUT2D eigenvalue weighted by Gasteiger charge is -2.10. The van der Waals surface area contributed by atoms with Gasteiger partial charge < -0.3 is 10.6 Å². The lowest BCUT2D eigenvalue weighted by molar-refractivity contribution is -0.137. The van der Waals surface area contributed by atoms with Gasteiger partial charge in [0, 0.05) is 23.0 Å². The highest BCUT2D eigenvalue weighted by Crippen LogP contribution is 2.30. The molecule has 3 aromatic rings. The molecule has 31 heavy (non-hydrogen) atoms. The van der Waals surface area contributed by atoms with E-state index in [-0.39, 0.29) is 17.1 Å². The van der Waals surface area contributed by atoms with Crippen LogP contribution in [0.3, 0.4) is 0 Å². The highest BCUT2D eigenvalue weighted by Gasteiger charge is 2.30. The van der Waals surface area contributed by atoms with E-state index in [0.717, 1.165) is 12.1 Å². The molecule has 8 heteroatoms. The summed E-state index contributed by atoms with van der Waals surface area (Å²) >= 11 is 0. The number of carbonyl (C=O) groups excluding carboxylic acids is 2. The first-order valence-corrected chi connectivity index (χ1v) is 9.04. The van der Waals surface area contributed by atoms with Gasteiger partial charge in [-0.15, -0.1) is 0 Å². The monoisotopic (exact) mass is 428 g/mol. The van der Waals surface area contributed by atoms with Crippen molar-refractivity contribution in [2.24, 2.45) is 0 Å². The molecule has 0 saturated heterocycles. The first-order valence-electron chi connectivity index (χ1n) is 9.04. The number of benzene rings is 3. The van der Waals surface area contributed by atoms with Crippen LogP contribution in [-0.4, -0.2) is 11.8 Å². The molecule has 0 aliphatic heterocycles. The number of halogens is 4. The smallest absolute Gasteiger partial charge is 0.322 e. The Kier molecular flexibility index (Phi) is 6.49. The summed E-state index contributed by atoms with van der Waals surface area (Å²) < 4.78 is 51.3. The molecule has 2 N–H and O–H groups in total. The van der Waals surface area contributed by atoms with Gasteiger partial charge in [-0.2, -0.15) is 13.2 Å². The van der Waals surface area contributed by atoms with Crippen molar-refractivity contribution in [1.29, 1.82) is 0 Å². The average molecular weight is 428 g/mol. The van der Waals surface area contributed by atoms with Gasteiger partial charge in [0.2, 0.25) is 5.91 Å². The summed E-state index contributed by atoms with van der Waals surface area (Å²) in [5.74, 6) is -1.49. The van der Waals surface area contributed by atoms with E-state index < -0.39 is 23.6 Å². The zero-order chi connectivity index (χ0) is 22.4. The van der Waals surface area contributed by atoms with Gasteiger partial charge in [-0.25, -0.2) is 4.39 Å². The molecule has 0 unspecified atom stereocenters. The van der Waals surface area contributed by atoms with Gasteiger partial charge in [0.1, 0.15) is 5.82 Å². The molecule has 0 bridgehead atoms. The second kappa shape index (κ2) is 9.25. The molecule has 0 fully saturated rings. The fourth-order valence-corrected chi connectivity index (χ4v) is 2.64. The minimum Gasteiger partial charge on any atom is -0.322 e. The van der Waals surface area contributed by atoms with E-state index in [9.17, 15) is 27.2 Å². The highest BCUT2D eigenvalue weighted by atomic mass is 19.4. The summed E-state index contributed by atoms with van der Waals surface area (Å²) in [6.45, 7) is 0. The van der Waals surface area contributed by atoms with E-state index in [1.54, 1.807) is 6.07 Å². The SMILES string of the molecule is O=C(C=Cc1ccc(F)cc1)Nc1cccc(C(=O)Nc2cccc(C(F)(F)F)c2)c1. The van der Waals surface area contributed by atoms with Crippen molar-refractivity contribution >= 4 is 29.3 Å². The van der Waals surface area contributed by atoms with Gasteiger partial charge in [-0.3, -0.25) is 9.59 Å². The molecule has 0 heterocycles. The first-order chi connectivity index (χ1) is 14.7. The Balaban J connectivity index is 1.66. The van der Waals surface area contributed by atoms with Gasteiger partial charge in [0.05, 0.1) is 5.56 Å². The second-order valence-electron chi connectivity index (χ2n) is 6.49. The van der Waals surface area contributed by atoms with Crippen molar-refractivity contribution in [2.75, 3.05) is 10.6 Å². The van der Waals surface area contributed by atoms with Crippen LogP contribution in [0, 0.1) is 5.82 Å². The first kappa shape index (κ1) is 21.8. The fraction of sp³-hybridized carbons (Fsp3) is 0.0435. The van der Waals surface area contributed by atoms with Crippen LogP contribution in [0.15, 0.2) is 78.9 Å². The lowest BCUT2D eigenvalue weighted by atomic mass is 10.1. The molecule has 0 spiro atoms. The van der Waals surface area contributed by atoms with Crippen molar-refractivity contribution in [3.63, 3.8) is 0 Å². The van der Waals surface area contributed by atoms with E-state index >= 15 is 0 Å². The summed E-state index contributed by atoms with van der Waals surface area (Å²) in [4.78, 5) is 24.5. The highest BCUT2D eigenvalue weighted by molar-refractivity contribution is 6.06. The van der Waals surface area contributed by atoms with Crippen molar-refractivity contribution in [3.05, 3.63) is 101 Å². The van der Waals surface area contributed by atoms with E-state index in [4.69, 9.17) is 0 Å². The van der Waals surface area contributed by atoms with Gasteiger partial charge in [-0.1, -0.05) is 24.3 Å². The minimum absolute atomic E-state index is 0.00325. The topological polar surface area (TPSA) is 58.2 Å². The number of hydrogen-bond acceptors (Lipinski definition) is 2. The van der Waals surface area contributed by atoms with Crippen LogP contribution in [0.4, 0.5) is 28.9 Å². The van der Waals surface area contributed by atoms with Gasteiger partial charge in [0.15, 0.2) is 0 Å². The summed E-state index contributed by atoms with van der Waals surface area (Å²) in [5.41, 5.74) is 0.227. The van der Waals surface area contributed by atoms with E-state index in [1.807, 2.05) is 0 Å². The third kappa shape index (κ3) is 6.27. The number of anilines is 2. The van der Waals surface area contributed by atoms with Crippen LogP contribution in [0.2, 0.25) is 0 Å². The Labute approximate surface area is 175 Å². The molecule has 0 radical (unpaired) electrons. The molecule has 3 rings (SSSR count). The Hall–Kier alpha value is -3.94. The molecule has 3 aromatic carbocycles. The Morgan fingerprint density at radius 3 is 2.13 bits per heavy atom. The van der Waals surface area contributed by atoms with Crippen LogP contribution in [0.5, 0.6) is 0 Å². The molecule has 0 aliphatic carbocycles. The summed E-state index contributed by atoms with van der Waals surface area (Å²) in [5, 5.41) is 4.99. The average Bonchev–Trinajstić information content (AvgIpc) is 2.73. The van der Waals surface area contributed by atoms with Crippen LogP contribution < -0.4 is 10.6 Å². The Morgan fingerprint density at radius 1 is 0.806 bits per heavy atom. The predicted octanol–water partition coefficient (Wildman–Crippen LogP) is 5.75. The largest absolute Gasteiger partial charge is 0.416 e. The van der Waals surface area contributed by atoms with Crippen molar-refractivity contribution in [3.8, 4) is 0 Å². The maximum atomic E-state index is 12.9. The molecule has 2 amide bonds. The van der Waals surface area contributed by atoms with E-state index in [0.29, 0.717) is 11.3 Å². The molecular weight excluding hydrogens is 412 g/mol. The van der Waals surface area contributed by atoms with Crippen LogP contribution >= 0.6 is 0 Å². The molecule has 4 nitrogen and oxygen atoms in total. The van der Waals surface area contributed by atoms with E-state index in [2.05, 4.69) is 10.6 Å². The number of amides is 2. The maximum absolute atomic E-state index is 12.9. The normalized spacial score (nSPS) is 11.4. The zero-order valence-electron chi connectivity index (χ0n) is 15.9. The zero-order valence-corrected chi connectivity index (χ0v) is 15.9. The number of hydrogen-bond donors (Lipinski definition) is 2. The van der Waals surface area contributed by atoms with Gasteiger partial charge >= 0.3 is 6.18 Å². The lowest BCUT2D eigenvalue weighted by Crippen LogP contribution is -2.14. The summed E-state index contributed by atoms with van der Waals surface area (Å²) in [6, 6.07) is 15.8. The summed E-state index contributed by atoms with van der Waals surface area (Å²) in [6.07, 6.45) is -1.77. The van der Waals surface area contributed by atoms with Crippen LogP contribution in [-0.2, 0) is 11.0 Å². The second-order valence-corrected chi connectivity index (χ2v) is 6.49. The predicted molar refractivity (Wildman–Crippen MR) is 110 cm³/mol. The van der Waals surface area contributed by atoms with E-state index in [1.165, 1.54) is 66.7 Å². The minimum atomic E-state index is -4.52. The standard InChI is InChI=1S/C23H16F4N2O2/c24-18-10-7-15(8-11-18)9-12-21(30)28-19-5-1-3-16(13-19)22(31)29-20-6-2-4-17(14-20)23(25,26)27/h1-14H,(H,28,30)(H,29,31). The number of alkyl halides is 3. The third-order valence-electron chi connectivity index (χ3n) is 4.14. The Bertz CT molecular complexity index is 1120. The molecule has 0 saturated carbocycles. The Morgan fingerprint density at radius 2 is 1.45 bits per heavy atom. The molecular formula is C23H16F4N2O2. The van der Waals surface area contributed by atoms with Crippen molar-refractivity contribution in [2.45, 2.75) is 6.18 Å². The van der Waals surface area contributed by atoms with Crippen molar-refractivity contribution < 1.29 is 27.2 Å². The number of carbonyl (C=O) groups is 2. The third-order valence-corrected chi connectivity index (χ3v) is 4.14. The molecule has 0 aliphatic rings. The molecule has 158 valence electrons.